The number of rotatable bonds is 8. The Bertz CT molecular complexity index is 1270. The van der Waals surface area contributed by atoms with Gasteiger partial charge in [-0.15, -0.1) is 0 Å². The highest BCUT2D eigenvalue weighted by Gasteiger charge is 2.38. The van der Waals surface area contributed by atoms with Gasteiger partial charge in [0.15, 0.2) is 11.5 Å². The van der Waals surface area contributed by atoms with Crippen LogP contribution in [0.5, 0.6) is 11.5 Å². The fraction of sp³-hybridized carbons (Fsp3) is 0.292. The van der Waals surface area contributed by atoms with Crippen molar-refractivity contribution in [1.82, 2.24) is 20.5 Å². The molecule has 0 saturated carbocycles. The number of hydrogen-bond acceptors (Lipinski definition) is 5. The van der Waals surface area contributed by atoms with Crippen LogP contribution < -0.4 is 20.1 Å². The molecule has 2 aliphatic rings. The second-order valence-corrected chi connectivity index (χ2v) is 8.26. The summed E-state index contributed by atoms with van der Waals surface area (Å²) in [4.78, 5) is 41.5. The number of urea groups is 1. The molecule has 9 nitrogen and oxygen atoms in total. The first-order valence-electron chi connectivity index (χ1n) is 11.0. The fourth-order valence-corrected chi connectivity index (χ4v) is 4.20. The molecule has 176 valence electrons. The average Bonchev–Trinajstić information content (AvgIpc) is 3.52. The lowest BCUT2D eigenvalue weighted by atomic mass is 10.1. The number of H-pyrrole nitrogens is 1. The Hall–Kier alpha value is -4.08. The first-order chi connectivity index (χ1) is 16.5. The molecular weight excluding hydrogens is 443 g/mol. The molecule has 1 saturated heterocycles. The summed E-state index contributed by atoms with van der Waals surface area (Å²) < 4.78 is 24.1. The van der Waals surface area contributed by atoms with Gasteiger partial charge >= 0.3 is 6.03 Å². The molecule has 1 aromatic heterocycles. The third-order valence-electron chi connectivity index (χ3n) is 5.99. The van der Waals surface area contributed by atoms with E-state index in [1.165, 1.54) is 12.1 Å². The van der Waals surface area contributed by atoms with Gasteiger partial charge in [0.1, 0.15) is 11.9 Å². The molecule has 1 fully saturated rings. The summed E-state index contributed by atoms with van der Waals surface area (Å²) in [5.74, 6) is 0.309. The Labute approximate surface area is 194 Å². The number of amides is 4. The number of carbonyl (C=O) groups is 3. The lowest BCUT2D eigenvalue weighted by molar-refractivity contribution is -0.128. The van der Waals surface area contributed by atoms with Crippen LogP contribution in [0.2, 0.25) is 0 Å². The number of nitrogens with one attached hydrogen (secondary N) is 3. The summed E-state index contributed by atoms with van der Waals surface area (Å²) >= 11 is 0. The van der Waals surface area contributed by atoms with Gasteiger partial charge in [-0.25, -0.2) is 9.18 Å². The van der Waals surface area contributed by atoms with Crippen molar-refractivity contribution in [1.29, 1.82) is 0 Å². The number of ether oxygens (including phenoxy) is 2. The zero-order valence-electron chi connectivity index (χ0n) is 18.2. The maximum atomic E-state index is 13.5. The van der Waals surface area contributed by atoms with Gasteiger partial charge in [-0.05, 0) is 54.3 Å². The van der Waals surface area contributed by atoms with Gasteiger partial charge in [-0.1, -0.05) is 6.07 Å². The highest BCUT2D eigenvalue weighted by Crippen LogP contribution is 2.33. The summed E-state index contributed by atoms with van der Waals surface area (Å²) in [6.07, 6.45) is 2.64. The normalized spacial score (nSPS) is 16.9. The molecule has 0 bridgehead atoms. The second-order valence-electron chi connectivity index (χ2n) is 8.26. The van der Waals surface area contributed by atoms with Crippen LogP contribution in [-0.2, 0) is 22.6 Å². The van der Waals surface area contributed by atoms with Gasteiger partial charge in [0.25, 0.3) is 5.91 Å². The van der Waals surface area contributed by atoms with Gasteiger partial charge in [-0.2, -0.15) is 0 Å². The smallest absolute Gasteiger partial charge is 0.325 e. The second kappa shape index (κ2) is 9.05. The van der Waals surface area contributed by atoms with Crippen LogP contribution in [0.15, 0.2) is 42.6 Å². The molecule has 0 aliphatic carbocycles. The van der Waals surface area contributed by atoms with E-state index in [9.17, 15) is 18.8 Å². The van der Waals surface area contributed by atoms with Crippen molar-refractivity contribution in [3.63, 3.8) is 0 Å². The molecule has 5 rings (SSSR count). The number of nitrogens with zero attached hydrogens (tertiary/aromatic N) is 1. The lowest BCUT2D eigenvalue weighted by Crippen LogP contribution is -2.33. The minimum atomic E-state index is -0.746. The predicted octanol–water partition coefficient (Wildman–Crippen LogP) is 2.60. The Balaban J connectivity index is 1.09. The summed E-state index contributed by atoms with van der Waals surface area (Å²) in [5, 5.41) is 6.25. The van der Waals surface area contributed by atoms with Gasteiger partial charge in [-0.3, -0.25) is 14.5 Å². The van der Waals surface area contributed by atoms with Crippen LogP contribution in [-0.4, -0.2) is 47.1 Å². The van der Waals surface area contributed by atoms with Crippen LogP contribution in [0.25, 0.3) is 10.9 Å². The highest BCUT2D eigenvalue weighted by molar-refractivity contribution is 6.04. The van der Waals surface area contributed by atoms with Crippen molar-refractivity contribution in [3.8, 4) is 11.5 Å². The third-order valence-corrected chi connectivity index (χ3v) is 5.99. The topological polar surface area (TPSA) is 113 Å². The maximum absolute atomic E-state index is 13.5. The molecular formula is C24H23FN4O5. The molecule has 2 aromatic carbocycles. The van der Waals surface area contributed by atoms with E-state index in [1.54, 1.807) is 30.5 Å². The lowest BCUT2D eigenvalue weighted by Gasteiger charge is -2.13. The molecule has 0 unspecified atom stereocenters. The van der Waals surface area contributed by atoms with E-state index in [-0.39, 0.29) is 43.8 Å². The zero-order chi connectivity index (χ0) is 23.7. The molecule has 0 spiro atoms. The van der Waals surface area contributed by atoms with Crippen LogP contribution in [0.1, 0.15) is 24.0 Å². The number of aromatic nitrogens is 1. The van der Waals surface area contributed by atoms with E-state index in [1.807, 2.05) is 0 Å². The number of aromatic amines is 1. The molecule has 1 atom stereocenters. The maximum Gasteiger partial charge on any atom is 0.325 e. The third kappa shape index (κ3) is 4.39. The predicted molar refractivity (Wildman–Crippen MR) is 120 cm³/mol. The van der Waals surface area contributed by atoms with E-state index >= 15 is 0 Å². The Morgan fingerprint density at radius 2 is 2.00 bits per heavy atom. The van der Waals surface area contributed by atoms with Crippen molar-refractivity contribution in [2.45, 2.75) is 31.8 Å². The Morgan fingerprint density at radius 3 is 2.88 bits per heavy atom. The van der Waals surface area contributed by atoms with E-state index in [0.717, 1.165) is 26.9 Å². The molecule has 2 aliphatic heterocycles. The van der Waals surface area contributed by atoms with E-state index < -0.39 is 12.1 Å². The molecule has 0 radical (unpaired) electrons. The van der Waals surface area contributed by atoms with Crippen molar-refractivity contribution in [3.05, 3.63) is 59.5 Å². The van der Waals surface area contributed by atoms with Crippen molar-refractivity contribution < 1.29 is 28.2 Å². The quantitative estimate of drug-likeness (QED) is 0.442. The minimum Gasteiger partial charge on any atom is -0.454 e. The first-order valence-corrected chi connectivity index (χ1v) is 11.0. The standard InChI is InChI=1S/C24H23FN4O5/c25-16-2-3-18-17(10-16)15(11-27-18)7-8-26-22(30)6-4-19-23(31)29(24(32)28-19)12-14-1-5-20-21(9-14)34-13-33-20/h1-3,5,9-11,19,27H,4,6-8,12-13H2,(H,26,30)(H,28,32)/t19-/m1/s1. The Morgan fingerprint density at radius 1 is 1.15 bits per heavy atom. The number of carbonyl (C=O) groups excluding carboxylic acids is 3. The van der Waals surface area contributed by atoms with Gasteiger partial charge in [0.05, 0.1) is 6.54 Å². The van der Waals surface area contributed by atoms with E-state index in [4.69, 9.17) is 9.47 Å². The Kier molecular flexibility index (Phi) is 5.79. The highest BCUT2D eigenvalue weighted by atomic mass is 19.1. The largest absolute Gasteiger partial charge is 0.454 e. The zero-order valence-corrected chi connectivity index (χ0v) is 18.2. The van der Waals surface area contributed by atoms with Crippen molar-refractivity contribution in [2.75, 3.05) is 13.3 Å². The number of fused-ring (bicyclic) bond motifs is 2. The summed E-state index contributed by atoms with van der Waals surface area (Å²) in [6, 6.07) is 8.56. The van der Waals surface area contributed by atoms with Gasteiger partial charge in [0.2, 0.25) is 12.7 Å². The SMILES string of the molecule is O=C(CC[C@H]1NC(=O)N(Cc2ccc3c(c2)OCO3)C1=O)NCCc1c[nH]c2ccc(F)cc12. The molecule has 4 amide bonds. The minimum absolute atomic E-state index is 0.0943. The summed E-state index contributed by atoms with van der Waals surface area (Å²) in [5.41, 5.74) is 2.49. The summed E-state index contributed by atoms with van der Waals surface area (Å²) in [7, 11) is 0. The van der Waals surface area contributed by atoms with Crippen LogP contribution in [0, 0.1) is 5.82 Å². The fourth-order valence-electron chi connectivity index (χ4n) is 4.20. The molecule has 3 aromatic rings. The van der Waals surface area contributed by atoms with E-state index in [0.29, 0.717) is 24.5 Å². The van der Waals surface area contributed by atoms with Gasteiger partial charge < -0.3 is 25.1 Å². The molecule has 3 N–H and O–H groups in total. The number of hydrogen-bond donors (Lipinski definition) is 3. The van der Waals surface area contributed by atoms with Crippen LogP contribution in [0.3, 0.4) is 0 Å². The monoisotopic (exact) mass is 466 g/mol. The van der Waals surface area contributed by atoms with Crippen molar-refractivity contribution in [2.24, 2.45) is 0 Å². The summed E-state index contributed by atoms with van der Waals surface area (Å²) in [6.45, 7) is 0.630. The number of imide groups is 1. The van der Waals surface area contributed by atoms with Crippen LogP contribution in [0.4, 0.5) is 9.18 Å². The number of halogens is 1. The average molecular weight is 466 g/mol. The molecule has 34 heavy (non-hydrogen) atoms. The van der Waals surface area contributed by atoms with E-state index in [2.05, 4.69) is 15.6 Å². The van der Waals surface area contributed by atoms with Gasteiger partial charge in [0, 0.05) is 30.1 Å². The number of benzene rings is 2. The van der Waals surface area contributed by atoms with Crippen molar-refractivity contribution >= 4 is 28.7 Å². The first kappa shape index (κ1) is 21.7. The molecule has 3 heterocycles. The molecule has 10 heteroatoms. The van der Waals surface area contributed by atoms with Crippen LogP contribution >= 0.6 is 0 Å².